The molecule has 1 fully saturated rings. The topological polar surface area (TPSA) is 33.7 Å². The van der Waals surface area contributed by atoms with Crippen LogP contribution in [0, 0.1) is 0 Å². The van der Waals surface area contributed by atoms with E-state index in [2.05, 4.69) is 23.7 Å². The molecule has 2 rings (SSSR count). The highest BCUT2D eigenvalue weighted by Gasteiger charge is 2.19. The lowest BCUT2D eigenvalue weighted by atomic mass is 10.0. The van der Waals surface area contributed by atoms with Gasteiger partial charge in [-0.05, 0) is 57.5 Å². The number of benzene rings is 1. The van der Waals surface area contributed by atoms with Crippen molar-refractivity contribution in [3.63, 3.8) is 0 Å². The molecule has 0 spiro atoms. The lowest BCUT2D eigenvalue weighted by Gasteiger charge is -2.32. The second-order valence-corrected chi connectivity index (χ2v) is 6.84. The van der Waals surface area contributed by atoms with Crippen LogP contribution in [0.15, 0.2) is 24.3 Å². The molecule has 5 heteroatoms. The zero-order chi connectivity index (χ0) is 17.5. The number of nitrogens with one attached hydrogen (secondary N) is 1. The lowest BCUT2D eigenvalue weighted by Crippen LogP contribution is -2.42. The average Bonchev–Trinajstić information content (AvgIpc) is 2.55. The maximum Gasteiger partial charge on any atom is 0.179 e. The first-order chi connectivity index (χ1) is 11.5. The largest absolute Gasteiger partial charge is 0.493 e. The Bertz CT molecular complexity index is 555. The molecular weight excluding hydrogens is 324 g/mol. The Morgan fingerprint density at radius 2 is 2.08 bits per heavy atom. The van der Waals surface area contributed by atoms with Gasteiger partial charge in [-0.2, -0.15) is 0 Å². The molecule has 1 aromatic carbocycles. The van der Waals surface area contributed by atoms with Crippen molar-refractivity contribution in [1.29, 1.82) is 0 Å². The number of hydrogen-bond donors (Lipinski definition) is 1. The highest BCUT2D eigenvalue weighted by atomic mass is 35.5. The summed E-state index contributed by atoms with van der Waals surface area (Å²) in [4.78, 5) is 2.47. The number of halogens is 1. The molecule has 24 heavy (non-hydrogen) atoms. The van der Waals surface area contributed by atoms with Gasteiger partial charge in [-0.1, -0.05) is 23.8 Å². The lowest BCUT2D eigenvalue weighted by molar-refractivity contribution is 0.211. The first kappa shape index (κ1) is 19.1. The van der Waals surface area contributed by atoms with Crippen LogP contribution in [0.25, 0.3) is 0 Å². The minimum atomic E-state index is 0.544. The Hall–Kier alpha value is -1.23. The number of ether oxygens (including phenoxy) is 2. The first-order valence-electron chi connectivity index (χ1n) is 8.62. The van der Waals surface area contributed by atoms with E-state index in [0.717, 1.165) is 44.6 Å². The molecule has 0 bridgehead atoms. The maximum atomic E-state index is 6.33. The van der Waals surface area contributed by atoms with Gasteiger partial charge in [-0.15, -0.1) is 0 Å². The number of nitrogens with zero attached hydrogens (tertiary/aromatic N) is 1. The van der Waals surface area contributed by atoms with Crippen LogP contribution in [-0.4, -0.2) is 44.3 Å². The summed E-state index contributed by atoms with van der Waals surface area (Å²) in [5.74, 6) is 1.32. The molecule has 4 nitrogen and oxygen atoms in total. The van der Waals surface area contributed by atoms with Crippen molar-refractivity contribution in [3.05, 3.63) is 34.9 Å². The quantitative estimate of drug-likeness (QED) is 0.720. The van der Waals surface area contributed by atoms with Gasteiger partial charge in [-0.3, -0.25) is 4.90 Å². The summed E-state index contributed by atoms with van der Waals surface area (Å²) in [5, 5.41) is 4.24. The minimum absolute atomic E-state index is 0.544. The molecule has 1 aliphatic heterocycles. The molecular formula is C19H29ClN2O2. The van der Waals surface area contributed by atoms with E-state index < -0.39 is 0 Å². The second-order valence-electron chi connectivity index (χ2n) is 6.43. The van der Waals surface area contributed by atoms with Crippen LogP contribution < -0.4 is 14.8 Å². The molecule has 1 aliphatic rings. The van der Waals surface area contributed by atoms with E-state index in [1.807, 2.05) is 19.1 Å². The molecule has 1 saturated heterocycles. The van der Waals surface area contributed by atoms with Gasteiger partial charge in [0.2, 0.25) is 0 Å². The molecule has 0 atom stereocenters. The molecule has 0 unspecified atom stereocenters. The molecule has 0 aliphatic carbocycles. The Morgan fingerprint density at radius 3 is 2.67 bits per heavy atom. The summed E-state index contributed by atoms with van der Waals surface area (Å²) in [6.45, 7) is 12.6. The van der Waals surface area contributed by atoms with E-state index in [1.54, 1.807) is 7.11 Å². The fourth-order valence-corrected chi connectivity index (χ4v) is 3.39. The fraction of sp³-hybridized carbons (Fsp3) is 0.579. The van der Waals surface area contributed by atoms with Crippen molar-refractivity contribution in [2.75, 3.05) is 33.4 Å². The molecule has 0 radical (unpaired) electrons. The SMILES string of the molecule is C=C(C)CN1CCC(NCc2cc(Cl)c(OCC)c(OC)c2)CC1. The average molecular weight is 353 g/mol. The van der Waals surface area contributed by atoms with Crippen molar-refractivity contribution in [3.8, 4) is 11.5 Å². The summed E-state index contributed by atoms with van der Waals surface area (Å²) >= 11 is 6.33. The summed E-state index contributed by atoms with van der Waals surface area (Å²) in [5.41, 5.74) is 2.35. The van der Waals surface area contributed by atoms with Gasteiger partial charge in [0.05, 0.1) is 18.7 Å². The molecule has 1 heterocycles. The zero-order valence-corrected chi connectivity index (χ0v) is 15.8. The number of likely N-dealkylation sites (tertiary alicyclic amines) is 1. The Morgan fingerprint density at radius 1 is 1.38 bits per heavy atom. The summed E-state index contributed by atoms with van der Waals surface area (Å²) < 4.78 is 11.0. The number of methoxy groups -OCH3 is 1. The zero-order valence-electron chi connectivity index (χ0n) is 15.0. The smallest absolute Gasteiger partial charge is 0.179 e. The van der Waals surface area contributed by atoms with E-state index in [4.69, 9.17) is 21.1 Å². The van der Waals surface area contributed by atoms with Gasteiger partial charge < -0.3 is 14.8 Å². The van der Waals surface area contributed by atoms with Gasteiger partial charge >= 0.3 is 0 Å². The number of piperidine rings is 1. The van der Waals surface area contributed by atoms with Crippen molar-refractivity contribution in [1.82, 2.24) is 10.2 Å². The van der Waals surface area contributed by atoms with E-state index >= 15 is 0 Å². The van der Waals surface area contributed by atoms with E-state index in [1.165, 1.54) is 5.57 Å². The summed E-state index contributed by atoms with van der Waals surface area (Å²) in [7, 11) is 1.64. The number of rotatable bonds is 8. The van der Waals surface area contributed by atoms with Gasteiger partial charge in [-0.25, -0.2) is 0 Å². The maximum absolute atomic E-state index is 6.33. The van der Waals surface area contributed by atoms with Crippen LogP contribution >= 0.6 is 11.6 Å². The van der Waals surface area contributed by atoms with Crippen LogP contribution in [0.4, 0.5) is 0 Å². The summed E-state index contributed by atoms with van der Waals surface area (Å²) in [6.07, 6.45) is 2.32. The van der Waals surface area contributed by atoms with Crippen molar-refractivity contribution >= 4 is 11.6 Å². The van der Waals surface area contributed by atoms with Gasteiger partial charge in [0.15, 0.2) is 11.5 Å². The van der Waals surface area contributed by atoms with E-state index in [-0.39, 0.29) is 0 Å². The molecule has 134 valence electrons. The normalized spacial score (nSPS) is 16.2. The van der Waals surface area contributed by atoms with Crippen LogP contribution in [0.3, 0.4) is 0 Å². The van der Waals surface area contributed by atoms with Crippen LogP contribution in [0.1, 0.15) is 32.3 Å². The molecule has 0 amide bonds. The first-order valence-corrected chi connectivity index (χ1v) is 9.00. The van der Waals surface area contributed by atoms with Crippen molar-refractivity contribution < 1.29 is 9.47 Å². The second kappa shape index (κ2) is 9.30. The van der Waals surface area contributed by atoms with Gasteiger partial charge in [0.25, 0.3) is 0 Å². The van der Waals surface area contributed by atoms with Gasteiger partial charge in [0, 0.05) is 19.1 Å². The monoisotopic (exact) mass is 352 g/mol. The van der Waals surface area contributed by atoms with E-state index in [9.17, 15) is 0 Å². The molecule has 1 N–H and O–H groups in total. The highest BCUT2D eigenvalue weighted by Crippen LogP contribution is 2.36. The standard InChI is InChI=1S/C19H29ClN2O2/c1-5-24-19-17(20)10-15(11-18(19)23-4)12-21-16-6-8-22(9-7-16)13-14(2)3/h10-11,16,21H,2,5-9,12-13H2,1,3-4H3. The van der Waals surface area contributed by atoms with Crippen LogP contribution in [-0.2, 0) is 6.54 Å². The van der Waals surface area contributed by atoms with Gasteiger partial charge in [0.1, 0.15) is 0 Å². The molecule has 0 saturated carbocycles. The predicted molar refractivity (Wildman–Crippen MR) is 100 cm³/mol. The summed E-state index contributed by atoms with van der Waals surface area (Å²) in [6, 6.07) is 4.50. The molecule has 0 aromatic heterocycles. The highest BCUT2D eigenvalue weighted by molar-refractivity contribution is 6.32. The third-order valence-electron chi connectivity index (χ3n) is 4.25. The van der Waals surface area contributed by atoms with Crippen molar-refractivity contribution in [2.45, 2.75) is 39.3 Å². The third kappa shape index (κ3) is 5.40. The predicted octanol–water partition coefficient (Wildman–Crippen LogP) is 3.88. The molecule has 1 aromatic rings. The fourth-order valence-electron chi connectivity index (χ4n) is 3.10. The number of hydrogen-bond acceptors (Lipinski definition) is 4. The van der Waals surface area contributed by atoms with Crippen LogP contribution in [0.2, 0.25) is 5.02 Å². The Kier molecular flexibility index (Phi) is 7.40. The Balaban J connectivity index is 1.89. The van der Waals surface area contributed by atoms with Crippen molar-refractivity contribution in [2.24, 2.45) is 0 Å². The minimum Gasteiger partial charge on any atom is -0.493 e. The van der Waals surface area contributed by atoms with E-state index in [0.29, 0.717) is 29.2 Å². The van der Waals surface area contributed by atoms with Crippen LogP contribution in [0.5, 0.6) is 11.5 Å². The third-order valence-corrected chi connectivity index (χ3v) is 4.53. The Labute approximate surface area is 150 Å².